The van der Waals surface area contributed by atoms with E-state index in [1.165, 1.54) is 23.9 Å². The summed E-state index contributed by atoms with van der Waals surface area (Å²) in [6.45, 7) is 8.40. The van der Waals surface area contributed by atoms with Crippen molar-refractivity contribution in [2.24, 2.45) is 5.92 Å². The van der Waals surface area contributed by atoms with Crippen LogP contribution in [0.15, 0.2) is 47.6 Å². The molecule has 3 aromatic rings. The normalized spacial score (nSPS) is 14.8. The van der Waals surface area contributed by atoms with Gasteiger partial charge >= 0.3 is 0 Å². The third-order valence-electron chi connectivity index (χ3n) is 5.89. The minimum absolute atomic E-state index is 0.0837. The van der Waals surface area contributed by atoms with Gasteiger partial charge in [0.1, 0.15) is 5.82 Å². The van der Waals surface area contributed by atoms with Crippen LogP contribution in [-0.2, 0) is 11.2 Å². The van der Waals surface area contributed by atoms with Gasteiger partial charge in [-0.05, 0) is 55.0 Å². The number of rotatable bonds is 8. The van der Waals surface area contributed by atoms with Gasteiger partial charge in [-0.3, -0.25) is 9.69 Å². The first-order chi connectivity index (χ1) is 16.9. The molecular weight excluding hydrogens is 463 g/mol. The van der Waals surface area contributed by atoms with Crippen LogP contribution in [0.25, 0.3) is 11.3 Å². The Kier molecular flexibility index (Phi) is 8.00. The number of amides is 1. The Labute approximate surface area is 210 Å². The molecule has 1 amide bonds. The summed E-state index contributed by atoms with van der Waals surface area (Å²) in [7, 11) is 0. The molecule has 1 aliphatic heterocycles. The Morgan fingerprint density at radius 1 is 1.14 bits per heavy atom. The monoisotopic (exact) mass is 494 g/mol. The average molecular weight is 495 g/mol. The van der Waals surface area contributed by atoms with Crippen LogP contribution in [0.5, 0.6) is 5.88 Å². The lowest BCUT2D eigenvalue weighted by Crippen LogP contribution is -2.37. The van der Waals surface area contributed by atoms with E-state index in [2.05, 4.69) is 31.0 Å². The lowest BCUT2D eigenvalue weighted by atomic mass is 10.0. The van der Waals surface area contributed by atoms with Crippen LogP contribution in [0, 0.1) is 11.7 Å². The number of hydrogen-bond acceptors (Lipinski definition) is 6. The summed E-state index contributed by atoms with van der Waals surface area (Å²) in [6, 6.07) is 12.0. The van der Waals surface area contributed by atoms with Crippen LogP contribution in [0.4, 0.5) is 10.1 Å². The van der Waals surface area contributed by atoms with Crippen LogP contribution >= 0.6 is 11.8 Å². The number of ether oxygens (including phenoxy) is 1. The molecule has 0 bridgehead atoms. The summed E-state index contributed by atoms with van der Waals surface area (Å²) in [5, 5.41) is 9.42. The molecular formula is C27H31FN4O2S. The smallest absolute Gasteiger partial charge is 0.247 e. The molecule has 8 heteroatoms. The number of anilines is 1. The molecule has 184 valence electrons. The van der Waals surface area contributed by atoms with Gasteiger partial charge in [-0.1, -0.05) is 57.7 Å². The second kappa shape index (κ2) is 11.2. The Balaban J connectivity index is 1.86. The number of benzene rings is 2. The van der Waals surface area contributed by atoms with E-state index in [-0.39, 0.29) is 11.7 Å². The Morgan fingerprint density at radius 2 is 1.91 bits per heavy atom. The topological polar surface area (TPSA) is 68.2 Å². The maximum absolute atomic E-state index is 13.7. The molecule has 0 fully saturated rings. The predicted molar refractivity (Wildman–Crippen MR) is 137 cm³/mol. The first-order valence-electron chi connectivity index (χ1n) is 12.2. The highest BCUT2D eigenvalue weighted by Crippen LogP contribution is 2.44. The molecule has 1 aliphatic rings. The van der Waals surface area contributed by atoms with Gasteiger partial charge in [0.2, 0.25) is 23.2 Å². The number of nitrogens with zero attached hydrogens (tertiary/aromatic N) is 4. The summed E-state index contributed by atoms with van der Waals surface area (Å²) in [5.41, 5.74) is 3.71. The van der Waals surface area contributed by atoms with Gasteiger partial charge in [-0.25, -0.2) is 4.39 Å². The number of thioether (sulfide) groups is 1. The third-order valence-corrected chi connectivity index (χ3v) is 6.76. The highest BCUT2D eigenvalue weighted by Gasteiger charge is 2.35. The van der Waals surface area contributed by atoms with E-state index in [1.54, 1.807) is 17.0 Å². The van der Waals surface area contributed by atoms with Crippen LogP contribution in [0.2, 0.25) is 0 Å². The van der Waals surface area contributed by atoms with E-state index in [4.69, 9.17) is 9.72 Å². The van der Waals surface area contributed by atoms with Gasteiger partial charge in [-0.2, -0.15) is 4.98 Å². The lowest BCUT2D eigenvalue weighted by Gasteiger charge is -2.31. The zero-order chi connectivity index (χ0) is 24.9. The lowest BCUT2D eigenvalue weighted by molar-refractivity contribution is -0.120. The van der Waals surface area contributed by atoms with E-state index in [1.807, 2.05) is 25.1 Å². The van der Waals surface area contributed by atoms with Gasteiger partial charge < -0.3 is 4.74 Å². The Bertz CT molecular complexity index is 1190. The van der Waals surface area contributed by atoms with Crippen molar-refractivity contribution in [2.75, 3.05) is 10.7 Å². The van der Waals surface area contributed by atoms with Crippen LogP contribution < -0.4 is 9.64 Å². The standard InChI is InChI=1S/C27H31FN4O2S/c1-5-7-23(33)32-22-13-8-18(6-2)16-21(22)24-25(29-27(31-30-24)35-15-14-17(3)4)34-26(32)19-9-11-20(28)12-10-19/h8-13,16-17,26H,5-7,14-15H2,1-4H3. The zero-order valence-corrected chi connectivity index (χ0v) is 21.4. The van der Waals surface area contributed by atoms with Crippen LogP contribution in [0.3, 0.4) is 0 Å². The predicted octanol–water partition coefficient (Wildman–Crippen LogP) is 6.60. The van der Waals surface area contributed by atoms with Crippen molar-refractivity contribution >= 4 is 23.4 Å². The number of carbonyl (C=O) groups excluding carboxylic acids is 1. The van der Waals surface area contributed by atoms with Crippen molar-refractivity contribution in [3.05, 3.63) is 59.4 Å². The number of aromatic nitrogens is 3. The molecule has 0 N–H and O–H groups in total. The summed E-state index contributed by atoms with van der Waals surface area (Å²) in [6.07, 6.45) is 2.09. The molecule has 0 aliphatic carbocycles. The highest BCUT2D eigenvalue weighted by atomic mass is 32.2. The van der Waals surface area contributed by atoms with Crippen LogP contribution in [-0.4, -0.2) is 26.8 Å². The van der Waals surface area contributed by atoms with Crippen molar-refractivity contribution in [3.63, 3.8) is 0 Å². The van der Waals surface area contributed by atoms with Gasteiger partial charge in [0.05, 0.1) is 5.69 Å². The van der Waals surface area contributed by atoms with Gasteiger partial charge in [0.25, 0.3) is 0 Å². The summed E-state index contributed by atoms with van der Waals surface area (Å²) < 4.78 is 20.2. The second-order valence-electron chi connectivity index (χ2n) is 9.02. The first kappa shape index (κ1) is 25.1. The maximum Gasteiger partial charge on any atom is 0.247 e. The second-order valence-corrected chi connectivity index (χ2v) is 10.1. The number of fused-ring (bicyclic) bond motifs is 3. The molecule has 1 aromatic heterocycles. The molecule has 4 rings (SSSR count). The molecule has 6 nitrogen and oxygen atoms in total. The van der Waals surface area contributed by atoms with E-state index in [0.717, 1.165) is 29.7 Å². The van der Waals surface area contributed by atoms with Crippen molar-refractivity contribution in [1.29, 1.82) is 0 Å². The Hall–Kier alpha value is -3.00. The molecule has 0 radical (unpaired) electrons. The largest absolute Gasteiger partial charge is 0.447 e. The molecule has 1 unspecified atom stereocenters. The van der Waals surface area contributed by atoms with Gasteiger partial charge in [-0.15, -0.1) is 10.2 Å². The Morgan fingerprint density at radius 3 is 2.60 bits per heavy atom. The fourth-order valence-corrected chi connectivity index (χ4v) is 4.95. The SMILES string of the molecule is CCCC(=O)N1c2ccc(CC)cc2-c2nnc(SCCC(C)C)nc2OC1c1ccc(F)cc1. The van der Waals surface area contributed by atoms with Gasteiger partial charge in [0.15, 0.2) is 5.69 Å². The molecule has 35 heavy (non-hydrogen) atoms. The number of hydrogen-bond donors (Lipinski definition) is 0. The minimum atomic E-state index is -0.813. The van der Waals surface area contributed by atoms with Crippen molar-refractivity contribution < 1.29 is 13.9 Å². The van der Waals surface area contributed by atoms with Crippen molar-refractivity contribution in [1.82, 2.24) is 15.2 Å². The first-order valence-corrected chi connectivity index (χ1v) is 13.1. The van der Waals surface area contributed by atoms with Crippen molar-refractivity contribution in [2.45, 2.75) is 64.8 Å². The number of carbonyl (C=O) groups is 1. The fourth-order valence-electron chi connectivity index (χ4n) is 3.93. The summed E-state index contributed by atoms with van der Waals surface area (Å²) in [4.78, 5) is 19.8. The highest BCUT2D eigenvalue weighted by molar-refractivity contribution is 7.99. The number of aryl methyl sites for hydroxylation is 1. The third kappa shape index (κ3) is 5.64. The van der Waals surface area contributed by atoms with E-state index >= 15 is 0 Å². The van der Waals surface area contributed by atoms with E-state index < -0.39 is 6.23 Å². The summed E-state index contributed by atoms with van der Waals surface area (Å²) >= 11 is 1.54. The molecule has 2 aromatic carbocycles. The maximum atomic E-state index is 13.7. The van der Waals surface area contributed by atoms with E-state index in [9.17, 15) is 9.18 Å². The number of halogens is 1. The molecule has 2 heterocycles. The fraction of sp³-hybridized carbons (Fsp3) is 0.407. The van der Waals surface area contributed by atoms with Crippen LogP contribution in [0.1, 0.15) is 64.3 Å². The quantitative estimate of drug-likeness (QED) is 0.329. The minimum Gasteiger partial charge on any atom is -0.447 e. The molecule has 0 spiro atoms. The average Bonchev–Trinajstić information content (AvgIpc) is 2.98. The van der Waals surface area contributed by atoms with Gasteiger partial charge in [0, 0.05) is 23.3 Å². The molecule has 0 saturated heterocycles. The van der Waals surface area contributed by atoms with E-state index in [0.29, 0.717) is 46.7 Å². The summed E-state index contributed by atoms with van der Waals surface area (Å²) in [5.74, 6) is 1.34. The van der Waals surface area contributed by atoms with Crippen molar-refractivity contribution in [3.8, 4) is 17.1 Å². The molecule has 0 saturated carbocycles. The zero-order valence-electron chi connectivity index (χ0n) is 20.6. The molecule has 1 atom stereocenters.